The van der Waals surface area contributed by atoms with E-state index in [0.717, 1.165) is 5.56 Å². The Balaban J connectivity index is 1.72. The summed E-state index contributed by atoms with van der Waals surface area (Å²) in [7, 11) is 1.49. The fraction of sp³-hybridized carbons (Fsp3) is 0.227. The number of hydrogen-bond acceptors (Lipinski definition) is 6. The van der Waals surface area contributed by atoms with Gasteiger partial charge < -0.3 is 15.4 Å². The zero-order valence-corrected chi connectivity index (χ0v) is 17.9. The number of carbonyl (C=O) groups is 2. The van der Waals surface area contributed by atoms with Crippen molar-refractivity contribution in [3.05, 3.63) is 81.2 Å². The van der Waals surface area contributed by atoms with E-state index in [4.69, 9.17) is 4.74 Å². The predicted molar refractivity (Wildman–Crippen MR) is 118 cm³/mol. The van der Waals surface area contributed by atoms with Gasteiger partial charge >= 0.3 is 0 Å². The fourth-order valence-electron chi connectivity index (χ4n) is 3.05. The molecule has 0 aliphatic heterocycles. The maximum absolute atomic E-state index is 12.8. The van der Waals surface area contributed by atoms with E-state index in [0.29, 0.717) is 29.1 Å². The molecule has 1 heterocycles. The Bertz CT molecular complexity index is 1170. The molecule has 0 atom stereocenters. The van der Waals surface area contributed by atoms with E-state index in [1.165, 1.54) is 19.2 Å². The molecule has 3 aromatic rings. The van der Waals surface area contributed by atoms with Crippen LogP contribution in [0.25, 0.3) is 0 Å². The number of nitro benzene ring substituents is 1. The smallest absolute Gasteiger partial charge is 0.273 e. The Morgan fingerprint density at radius 1 is 1.19 bits per heavy atom. The molecule has 32 heavy (non-hydrogen) atoms. The minimum atomic E-state index is -0.443. The molecule has 166 valence electrons. The molecule has 0 fully saturated rings. The first kappa shape index (κ1) is 22.5. The summed E-state index contributed by atoms with van der Waals surface area (Å²) >= 11 is 0. The number of carbonyl (C=O) groups excluding carboxylic acids is 2. The third-order valence-electron chi connectivity index (χ3n) is 4.74. The zero-order chi connectivity index (χ0) is 23.3. The molecule has 0 aliphatic carbocycles. The first-order valence-corrected chi connectivity index (χ1v) is 9.90. The van der Waals surface area contributed by atoms with Gasteiger partial charge in [0.1, 0.15) is 12.4 Å². The Morgan fingerprint density at radius 3 is 2.62 bits per heavy atom. The second-order valence-electron chi connectivity index (χ2n) is 6.97. The summed E-state index contributed by atoms with van der Waals surface area (Å²) in [5.74, 6) is -0.294. The van der Waals surface area contributed by atoms with Gasteiger partial charge in [-0.3, -0.25) is 24.4 Å². The number of benzene rings is 2. The van der Waals surface area contributed by atoms with Crippen LogP contribution in [-0.2, 0) is 13.2 Å². The highest BCUT2D eigenvalue weighted by Crippen LogP contribution is 2.24. The van der Waals surface area contributed by atoms with Crippen LogP contribution in [0.4, 0.5) is 11.4 Å². The van der Waals surface area contributed by atoms with E-state index in [2.05, 4.69) is 15.7 Å². The van der Waals surface area contributed by atoms with Crippen molar-refractivity contribution in [2.24, 2.45) is 0 Å². The molecule has 0 radical (unpaired) electrons. The van der Waals surface area contributed by atoms with Gasteiger partial charge in [-0.05, 0) is 43.7 Å². The van der Waals surface area contributed by atoms with Gasteiger partial charge in [0.05, 0.1) is 10.6 Å². The van der Waals surface area contributed by atoms with Gasteiger partial charge in [-0.25, -0.2) is 0 Å². The second-order valence-corrected chi connectivity index (χ2v) is 6.97. The number of amides is 2. The van der Waals surface area contributed by atoms with Crippen molar-refractivity contribution in [3.8, 4) is 5.75 Å². The number of ether oxygens (including phenoxy) is 1. The average Bonchev–Trinajstić information content (AvgIpc) is 3.20. The summed E-state index contributed by atoms with van der Waals surface area (Å²) < 4.78 is 7.29. The number of nitro groups is 1. The third-order valence-corrected chi connectivity index (χ3v) is 4.74. The Hall–Kier alpha value is -4.21. The van der Waals surface area contributed by atoms with E-state index in [1.54, 1.807) is 48.1 Å². The summed E-state index contributed by atoms with van der Waals surface area (Å²) in [6.07, 6.45) is 1.60. The van der Waals surface area contributed by atoms with Crippen LogP contribution in [0.2, 0.25) is 0 Å². The maximum atomic E-state index is 12.8. The number of rotatable bonds is 8. The highest BCUT2D eigenvalue weighted by molar-refractivity contribution is 6.08. The SMILES string of the molecule is CCn1cc(NC(=O)c2cccc(COc3ccc([N+](=O)[O-])c(C)c3)c2)c(C(=O)NC)n1. The number of nitrogens with one attached hydrogen (secondary N) is 2. The van der Waals surface area contributed by atoms with Crippen LogP contribution < -0.4 is 15.4 Å². The van der Waals surface area contributed by atoms with Gasteiger partial charge in [0, 0.05) is 37.0 Å². The van der Waals surface area contributed by atoms with Crippen LogP contribution in [0.5, 0.6) is 5.75 Å². The van der Waals surface area contributed by atoms with Gasteiger partial charge in [-0.1, -0.05) is 12.1 Å². The van der Waals surface area contributed by atoms with E-state index in [9.17, 15) is 19.7 Å². The minimum absolute atomic E-state index is 0.0264. The van der Waals surface area contributed by atoms with E-state index in [-0.39, 0.29) is 23.9 Å². The van der Waals surface area contributed by atoms with Crippen LogP contribution in [0.3, 0.4) is 0 Å². The second kappa shape index (κ2) is 9.73. The molecule has 0 saturated carbocycles. The third kappa shape index (κ3) is 5.09. The van der Waals surface area contributed by atoms with Crippen molar-refractivity contribution in [1.29, 1.82) is 0 Å². The molecule has 2 amide bonds. The van der Waals surface area contributed by atoms with Gasteiger partial charge in [0.25, 0.3) is 17.5 Å². The summed E-state index contributed by atoms with van der Waals surface area (Å²) in [5, 5.41) is 20.4. The monoisotopic (exact) mass is 437 g/mol. The fourth-order valence-corrected chi connectivity index (χ4v) is 3.05. The normalized spacial score (nSPS) is 10.5. The molecule has 0 bridgehead atoms. The molecule has 0 spiro atoms. The number of aromatic nitrogens is 2. The Kier molecular flexibility index (Phi) is 6.83. The lowest BCUT2D eigenvalue weighted by molar-refractivity contribution is -0.385. The van der Waals surface area contributed by atoms with E-state index >= 15 is 0 Å². The molecule has 2 N–H and O–H groups in total. The van der Waals surface area contributed by atoms with Gasteiger partial charge in [-0.15, -0.1) is 0 Å². The molecule has 2 aromatic carbocycles. The molecule has 0 unspecified atom stereocenters. The van der Waals surface area contributed by atoms with Gasteiger partial charge in [0.2, 0.25) is 0 Å². The number of nitrogens with zero attached hydrogens (tertiary/aromatic N) is 3. The number of hydrogen-bond donors (Lipinski definition) is 2. The quantitative estimate of drug-likeness (QED) is 0.411. The largest absolute Gasteiger partial charge is 0.489 e. The standard InChI is InChI=1S/C22H23N5O5/c1-4-26-12-18(20(25-26)22(29)23-3)24-21(28)16-7-5-6-15(11-16)13-32-17-8-9-19(27(30)31)14(2)10-17/h5-12H,4,13H2,1-3H3,(H,23,29)(H,24,28). The summed E-state index contributed by atoms with van der Waals surface area (Å²) in [5.41, 5.74) is 2.11. The molecule has 3 rings (SSSR count). The van der Waals surface area contributed by atoms with Crippen molar-refractivity contribution in [2.45, 2.75) is 27.0 Å². The Morgan fingerprint density at radius 2 is 1.97 bits per heavy atom. The number of aryl methyl sites for hydroxylation is 2. The highest BCUT2D eigenvalue weighted by atomic mass is 16.6. The molecule has 10 heteroatoms. The van der Waals surface area contributed by atoms with Crippen LogP contribution in [0, 0.1) is 17.0 Å². The minimum Gasteiger partial charge on any atom is -0.489 e. The summed E-state index contributed by atoms with van der Waals surface area (Å²) in [4.78, 5) is 35.3. The van der Waals surface area contributed by atoms with E-state index < -0.39 is 10.8 Å². The van der Waals surface area contributed by atoms with E-state index in [1.807, 2.05) is 6.92 Å². The van der Waals surface area contributed by atoms with Gasteiger partial charge in [0.15, 0.2) is 5.69 Å². The lowest BCUT2D eigenvalue weighted by Gasteiger charge is -2.09. The predicted octanol–water partition coefficient (Wildman–Crippen LogP) is 3.31. The topological polar surface area (TPSA) is 128 Å². The van der Waals surface area contributed by atoms with Crippen LogP contribution in [0.15, 0.2) is 48.7 Å². The van der Waals surface area contributed by atoms with Crippen molar-refractivity contribution < 1.29 is 19.2 Å². The van der Waals surface area contributed by atoms with Crippen molar-refractivity contribution in [1.82, 2.24) is 15.1 Å². The highest BCUT2D eigenvalue weighted by Gasteiger charge is 2.18. The van der Waals surface area contributed by atoms with Crippen LogP contribution >= 0.6 is 0 Å². The first-order chi connectivity index (χ1) is 15.3. The summed E-state index contributed by atoms with van der Waals surface area (Å²) in [6, 6.07) is 11.4. The molecule has 1 aromatic heterocycles. The molecule has 0 aliphatic rings. The molecular weight excluding hydrogens is 414 g/mol. The van der Waals surface area contributed by atoms with Crippen molar-refractivity contribution in [2.75, 3.05) is 12.4 Å². The Labute approximate surface area is 184 Å². The van der Waals surface area contributed by atoms with Crippen LogP contribution in [0.1, 0.15) is 38.9 Å². The van der Waals surface area contributed by atoms with Crippen LogP contribution in [-0.4, -0.2) is 33.6 Å². The molecule has 10 nitrogen and oxygen atoms in total. The molecule has 0 saturated heterocycles. The van der Waals surface area contributed by atoms with Gasteiger partial charge in [-0.2, -0.15) is 5.10 Å². The lowest BCUT2D eigenvalue weighted by atomic mass is 10.1. The van der Waals surface area contributed by atoms with Crippen molar-refractivity contribution in [3.63, 3.8) is 0 Å². The zero-order valence-electron chi connectivity index (χ0n) is 17.9. The average molecular weight is 437 g/mol. The maximum Gasteiger partial charge on any atom is 0.273 e. The molecular formula is C22H23N5O5. The van der Waals surface area contributed by atoms with Crippen molar-refractivity contribution >= 4 is 23.2 Å². The lowest BCUT2D eigenvalue weighted by Crippen LogP contribution is -2.21. The summed E-state index contributed by atoms with van der Waals surface area (Å²) in [6.45, 7) is 4.25. The first-order valence-electron chi connectivity index (χ1n) is 9.90. The number of anilines is 1.